The number of hydrogen-bond acceptors (Lipinski definition) is 6. The molecule has 1 aromatic carbocycles. The fourth-order valence-corrected chi connectivity index (χ4v) is 4.32. The molecule has 0 amide bonds. The van der Waals surface area contributed by atoms with Crippen LogP contribution in [0.25, 0.3) is 22.8 Å². The number of nitrogens with zero attached hydrogens (tertiary/aromatic N) is 5. The van der Waals surface area contributed by atoms with Crippen molar-refractivity contribution in [3.05, 3.63) is 54.2 Å². The number of thioether (sulfide) groups is 1. The molecule has 9 heteroatoms. The number of alkyl halides is 3. The maximum Gasteiger partial charge on any atom is 0.416 e. The van der Waals surface area contributed by atoms with Crippen LogP contribution in [0.2, 0.25) is 0 Å². The van der Waals surface area contributed by atoms with Gasteiger partial charge < -0.3 is 0 Å². The average Bonchev–Trinajstić information content (AvgIpc) is 2.76. The lowest BCUT2D eigenvalue weighted by atomic mass is 10.1. The third-order valence-electron chi connectivity index (χ3n) is 4.95. The minimum Gasteiger partial charge on any atom is -0.298 e. The standard InChI is InChI=1S/C23H26F3N5S/c1-15(2)31(16(3)4)13-14-32-22-20(17-8-10-18(11-9-17)23(24,25)26)29-30-21(28-22)19-7-5-6-12-27-19/h5-12,15-16H,13-14H2,1-4H3. The summed E-state index contributed by atoms with van der Waals surface area (Å²) in [6.07, 6.45) is -2.74. The van der Waals surface area contributed by atoms with Gasteiger partial charge in [0.15, 0.2) is 0 Å². The van der Waals surface area contributed by atoms with Gasteiger partial charge in [-0.15, -0.1) is 22.0 Å². The summed E-state index contributed by atoms with van der Waals surface area (Å²) < 4.78 is 38.9. The molecular weight excluding hydrogens is 435 g/mol. The number of rotatable bonds is 8. The molecule has 0 aliphatic carbocycles. The van der Waals surface area contributed by atoms with Crippen molar-refractivity contribution < 1.29 is 13.2 Å². The molecule has 0 N–H and O–H groups in total. The summed E-state index contributed by atoms with van der Waals surface area (Å²) in [5.41, 5.74) is 0.888. The van der Waals surface area contributed by atoms with Gasteiger partial charge in [0.05, 0.1) is 5.56 Å². The zero-order valence-electron chi connectivity index (χ0n) is 18.5. The minimum absolute atomic E-state index is 0.383. The monoisotopic (exact) mass is 461 g/mol. The van der Waals surface area contributed by atoms with E-state index >= 15 is 0 Å². The fraction of sp³-hybridized carbons (Fsp3) is 0.391. The molecule has 2 heterocycles. The molecule has 32 heavy (non-hydrogen) atoms. The van der Waals surface area contributed by atoms with E-state index in [2.05, 4.69) is 52.8 Å². The van der Waals surface area contributed by atoms with Crippen LogP contribution in [-0.4, -0.2) is 49.4 Å². The SMILES string of the molecule is CC(C)N(CCSc1nc(-c2ccccn2)nnc1-c1ccc(C(F)(F)F)cc1)C(C)C. The molecule has 0 fully saturated rings. The van der Waals surface area contributed by atoms with Crippen LogP contribution in [0.3, 0.4) is 0 Å². The number of hydrogen-bond donors (Lipinski definition) is 0. The van der Waals surface area contributed by atoms with Gasteiger partial charge in [0.25, 0.3) is 0 Å². The van der Waals surface area contributed by atoms with E-state index in [9.17, 15) is 13.2 Å². The van der Waals surface area contributed by atoms with Crippen molar-refractivity contribution in [2.24, 2.45) is 0 Å². The van der Waals surface area contributed by atoms with E-state index in [-0.39, 0.29) is 0 Å². The highest BCUT2D eigenvalue weighted by Gasteiger charge is 2.30. The second-order valence-electron chi connectivity index (χ2n) is 7.85. The maximum absolute atomic E-state index is 13.0. The van der Waals surface area contributed by atoms with Crippen molar-refractivity contribution in [1.29, 1.82) is 0 Å². The van der Waals surface area contributed by atoms with Crippen molar-refractivity contribution in [3.8, 4) is 22.8 Å². The summed E-state index contributed by atoms with van der Waals surface area (Å²) in [6.45, 7) is 9.47. The summed E-state index contributed by atoms with van der Waals surface area (Å²) >= 11 is 1.52. The predicted molar refractivity (Wildman–Crippen MR) is 121 cm³/mol. The number of benzene rings is 1. The van der Waals surface area contributed by atoms with Crippen LogP contribution in [0.15, 0.2) is 53.7 Å². The van der Waals surface area contributed by atoms with E-state index in [0.29, 0.717) is 39.9 Å². The van der Waals surface area contributed by atoms with Gasteiger partial charge in [-0.3, -0.25) is 9.88 Å². The first-order valence-electron chi connectivity index (χ1n) is 10.4. The highest BCUT2D eigenvalue weighted by Crippen LogP contribution is 2.33. The van der Waals surface area contributed by atoms with E-state index in [1.807, 2.05) is 6.07 Å². The van der Waals surface area contributed by atoms with Gasteiger partial charge in [-0.1, -0.05) is 18.2 Å². The lowest BCUT2D eigenvalue weighted by molar-refractivity contribution is -0.137. The van der Waals surface area contributed by atoms with E-state index in [1.54, 1.807) is 18.3 Å². The number of pyridine rings is 1. The molecule has 0 aliphatic rings. The second kappa shape index (κ2) is 10.4. The molecular formula is C23H26F3N5S. The third kappa shape index (κ3) is 6.04. The first-order chi connectivity index (χ1) is 15.2. The summed E-state index contributed by atoms with van der Waals surface area (Å²) in [5, 5.41) is 9.12. The quantitative estimate of drug-likeness (QED) is 0.394. The molecule has 0 radical (unpaired) electrons. The highest BCUT2D eigenvalue weighted by atomic mass is 32.2. The molecule has 3 aromatic rings. The molecule has 0 saturated heterocycles. The van der Waals surface area contributed by atoms with E-state index in [0.717, 1.165) is 24.4 Å². The molecule has 170 valence electrons. The zero-order chi connectivity index (χ0) is 23.3. The summed E-state index contributed by atoms with van der Waals surface area (Å²) in [5.74, 6) is 1.14. The molecule has 0 bridgehead atoms. The maximum atomic E-state index is 13.0. The van der Waals surface area contributed by atoms with Gasteiger partial charge >= 0.3 is 6.18 Å². The predicted octanol–water partition coefficient (Wildman–Crippen LogP) is 5.83. The van der Waals surface area contributed by atoms with Crippen LogP contribution in [0.4, 0.5) is 13.2 Å². The van der Waals surface area contributed by atoms with Crippen molar-refractivity contribution >= 4 is 11.8 Å². The second-order valence-corrected chi connectivity index (χ2v) is 8.94. The Morgan fingerprint density at radius 1 is 0.938 bits per heavy atom. The Morgan fingerprint density at radius 2 is 1.62 bits per heavy atom. The van der Waals surface area contributed by atoms with Crippen LogP contribution >= 0.6 is 11.8 Å². The minimum atomic E-state index is -4.39. The van der Waals surface area contributed by atoms with Gasteiger partial charge in [-0.25, -0.2) is 4.98 Å². The average molecular weight is 462 g/mol. The Hall–Kier alpha value is -2.52. The molecule has 0 unspecified atom stereocenters. The van der Waals surface area contributed by atoms with Crippen LogP contribution < -0.4 is 0 Å². The summed E-state index contributed by atoms with van der Waals surface area (Å²) in [7, 11) is 0. The molecule has 0 aliphatic heterocycles. The first kappa shape index (κ1) is 24.1. The topological polar surface area (TPSA) is 54.8 Å². The molecule has 0 saturated carbocycles. The van der Waals surface area contributed by atoms with Gasteiger partial charge in [-0.05, 0) is 52.0 Å². The largest absolute Gasteiger partial charge is 0.416 e. The van der Waals surface area contributed by atoms with Gasteiger partial charge in [-0.2, -0.15) is 13.2 Å². The Labute approximate surface area is 190 Å². The van der Waals surface area contributed by atoms with Gasteiger partial charge in [0.2, 0.25) is 5.82 Å². The van der Waals surface area contributed by atoms with E-state index in [1.165, 1.54) is 23.9 Å². The molecule has 5 nitrogen and oxygen atoms in total. The third-order valence-corrected chi connectivity index (χ3v) is 5.89. The lowest BCUT2D eigenvalue weighted by Gasteiger charge is -2.30. The number of aromatic nitrogens is 4. The highest BCUT2D eigenvalue weighted by molar-refractivity contribution is 7.99. The van der Waals surface area contributed by atoms with Gasteiger partial charge in [0.1, 0.15) is 16.4 Å². The Kier molecular flexibility index (Phi) is 7.84. The number of halogens is 3. The van der Waals surface area contributed by atoms with Crippen LogP contribution in [0, 0.1) is 0 Å². The van der Waals surface area contributed by atoms with Gasteiger partial charge in [0, 0.05) is 36.1 Å². The van der Waals surface area contributed by atoms with Crippen molar-refractivity contribution in [2.75, 3.05) is 12.3 Å². The van der Waals surface area contributed by atoms with Crippen molar-refractivity contribution in [2.45, 2.75) is 51.0 Å². The Bertz CT molecular complexity index is 1000. The smallest absolute Gasteiger partial charge is 0.298 e. The van der Waals surface area contributed by atoms with Crippen molar-refractivity contribution in [1.82, 2.24) is 25.1 Å². The van der Waals surface area contributed by atoms with Crippen LogP contribution in [0.1, 0.15) is 33.3 Å². The zero-order valence-corrected chi connectivity index (χ0v) is 19.3. The van der Waals surface area contributed by atoms with Crippen LogP contribution in [-0.2, 0) is 6.18 Å². The van der Waals surface area contributed by atoms with E-state index in [4.69, 9.17) is 0 Å². The molecule has 0 atom stereocenters. The van der Waals surface area contributed by atoms with Crippen molar-refractivity contribution in [3.63, 3.8) is 0 Å². The molecule has 0 spiro atoms. The summed E-state index contributed by atoms with van der Waals surface area (Å²) in [4.78, 5) is 11.3. The Balaban J connectivity index is 1.92. The van der Waals surface area contributed by atoms with E-state index < -0.39 is 11.7 Å². The first-order valence-corrected chi connectivity index (χ1v) is 11.4. The summed E-state index contributed by atoms with van der Waals surface area (Å²) in [6, 6.07) is 11.2. The molecule has 3 rings (SSSR count). The lowest BCUT2D eigenvalue weighted by Crippen LogP contribution is -2.38. The normalized spacial score (nSPS) is 12.2. The van der Waals surface area contributed by atoms with Crippen LogP contribution in [0.5, 0.6) is 0 Å². The fourth-order valence-electron chi connectivity index (χ4n) is 3.37. The Morgan fingerprint density at radius 3 is 2.19 bits per heavy atom. The molecule has 2 aromatic heterocycles.